The van der Waals surface area contributed by atoms with Crippen molar-refractivity contribution in [1.82, 2.24) is 0 Å². The van der Waals surface area contributed by atoms with E-state index in [4.69, 9.17) is 23.2 Å². The average Bonchev–Trinajstić information content (AvgIpc) is 2.21. The van der Waals surface area contributed by atoms with E-state index in [1.165, 1.54) is 11.8 Å². The molecule has 1 unspecified atom stereocenters. The van der Waals surface area contributed by atoms with Crippen LogP contribution < -0.4 is 0 Å². The van der Waals surface area contributed by atoms with E-state index >= 15 is 0 Å². The summed E-state index contributed by atoms with van der Waals surface area (Å²) in [5.41, 5.74) is 0.749. The van der Waals surface area contributed by atoms with E-state index in [9.17, 15) is 4.91 Å². The number of benzene rings is 1. The van der Waals surface area contributed by atoms with Crippen molar-refractivity contribution in [3.05, 3.63) is 39.8 Å². The van der Waals surface area contributed by atoms with E-state index in [0.717, 1.165) is 5.56 Å². The van der Waals surface area contributed by atoms with E-state index in [1.807, 2.05) is 12.1 Å². The average molecular weight is 250 g/mol. The number of halogens is 2. The van der Waals surface area contributed by atoms with E-state index in [0.29, 0.717) is 16.7 Å². The first-order valence-electron chi connectivity index (χ1n) is 4.04. The molecule has 0 heterocycles. The molecule has 0 saturated carbocycles. The fraction of sp³-hybridized carbons (Fsp3) is 0.333. The lowest BCUT2D eigenvalue weighted by molar-refractivity contribution is 1.02. The van der Waals surface area contributed by atoms with Crippen LogP contribution in [0.2, 0.25) is 5.02 Å². The summed E-state index contributed by atoms with van der Waals surface area (Å²) >= 11 is 12.9. The van der Waals surface area contributed by atoms with Crippen molar-refractivity contribution in [1.29, 1.82) is 0 Å². The van der Waals surface area contributed by atoms with Gasteiger partial charge < -0.3 is 0 Å². The van der Waals surface area contributed by atoms with Crippen LogP contribution in [-0.4, -0.2) is 11.6 Å². The Morgan fingerprint density at radius 3 is 2.71 bits per heavy atom. The zero-order valence-electron chi connectivity index (χ0n) is 7.32. The van der Waals surface area contributed by atoms with Gasteiger partial charge >= 0.3 is 0 Å². The van der Waals surface area contributed by atoms with Crippen molar-refractivity contribution in [3.8, 4) is 0 Å². The predicted molar refractivity (Wildman–Crippen MR) is 63.2 cm³/mol. The third-order valence-corrected chi connectivity index (χ3v) is 3.47. The molecule has 1 aromatic carbocycles. The van der Waals surface area contributed by atoms with Gasteiger partial charge in [-0.3, -0.25) is 0 Å². The van der Waals surface area contributed by atoms with Crippen LogP contribution >= 0.6 is 35.0 Å². The number of alkyl halides is 1. The molecule has 0 spiro atoms. The van der Waals surface area contributed by atoms with Gasteiger partial charge in [-0.1, -0.05) is 35.0 Å². The van der Waals surface area contributed by atoms with E-state index < -0.39 is 5.37 Å². The first-order chi connectivity index (χ1) is 6.79. The van der Waals surface area contributed by atoms with Crippen LogP contribution in [-0.2, 0) is 0 Å². The Morgan fingerprint density at radius 1 is 1.43 bits per heavy atom. The molecular formula is C9H9Cl2NOS. The highest BCUT2D eigenvalue weighted by molar-refractivity contribution is 7.99. The van der Waals surface area contributed by atoms with Gasteiger partial charge in [-0.15, -0.1) is 28.3 Å². The number of nitroso groups, excluding NO2 is 1. The van der Waals surface area contributed by atoms with Crippen molar-refractivity contribution >= 4 is 35.0 Å². The normalized spacial score (nSPS) is 12.4. The smallest absolute Gasteiger partial charge is 0.149 e. The highest BCUT2D eigenvalue weighted by Gasteiger charge is 2.14. The maximum atomic E-state index is 10.6. The molecule has 76 valence electrons. The largest absolute Gasteiger partial charge is 0.164 e. The van der Waals surface area contributed by atoms with Gasteiger partial charge in [0.1, 0.15) is 0 Å². The molecule has 0 bridgehead atoms. The first kappa shape index (κ1) is 11.8. The second-order valence-corrected chi connectivity index (χ2v) is 4.51. The zero-order valence-corrected chi connectivity index (χ0v) is 9.65. The topological polar surface area (TPSA) is 29.4 Å². The Bertz CT molecular complexity index is 309. The van der Waals surface area contributed by atoms with Crippen molar-refractivity contribution in [2.75, 3.05) is 11.6 Å². The Morgan fingerprint density at radius 2 is 2.14 bits per heavy atom. The summed E-state index contributed by atoms with van der Waals surface area (Å²) in [6, 6.07) is 7.20. The van der Waals surface area contributed by atoms with E-state index in [1.54, 1.807) is 12.1 Å². The summed E-state index contributed by atoms with van der Waals surface area (Å²) < 4.78 is 0. The van der Waals surface area contributed by atoms with Crippen LogP contribution in [0.4, 0.5) is 0 Å². The summed E-state index contributed by atoms with van der Waals surface area (Å²) in [7, 11) is 0. The van der Waals surface area contributed by atoms with Gasteiger partial charge in [-0.05, 0) is 6.07 Å². The van der Waals surface area contributed by atoms with Gasteiger partial charge in [0.2, 0.25) is 0 Å². The molecule has 5 heteroatoms. The molecule has 0 saturated heterocycles. The van der Waals surface area contributed by atoms with Crippen LogP contribution in [0.1, 0.15) is 10.9 Å². The summed E-state index contributed by atoms with van der Waals surface area (Å²) in [5, 5.41) is 3.14. The maximum Gasteiger partial charge on any atom is 0.164 e. The summed E-state index contributed by atoms with van der Waals surface area (Å²) in [6.45, 7) is 0. The Balaban J connectivity index is 2.78. The molecule has 0 aliphatic rings. The second kappa shape index (κ2) is 6.27. The molecule has 0 N–H and O–H groups in total. The van der Waals surface area contributed by atoms with Gasteiger partial charge in [0.15, 0.2) is 5.37 Å². The molecule has 1 rings (SSSR count). The lowest BCUT2D eigenvalue weighted by Gasteiger charge is -2.09. The van der Waals surface area contributed by atoms with Gasteiger partial charge in [-0.25, -0.2) is 0 Å². The van der Waals surface area contributed by atoms with E-state index in [-0.39, 0.29) is 0 Å². The van der Waals surface area contributed by atoms with Crippen LogP contribution in [0.5, 0.6) is 0 Å². The van der Waals surface area contributed by atoms with Crippen LogP contribution in [0, 0.1) is 4.91 Å². The number of thioether (sulfide) groups is 1. The molecule has 0 amide bonds. The number of nitrogens with zero attached hydrogens (tertiary/aromatic N) is 1. The molecule has 2 nitrogen and oxygen atoms in total. The van der Waals surface area contributed by atoms with Crippen molar-refractivity contribution in [3.63, 3.8) is 0 Å². The fourth-order valence-corrected chi connectivity index (χ4v) is 2.34. The molecular weight excluding hydrogens is 241 g/mol. The minimum absolute atomic E-state index is 0.456. The van der Waals surface area contributed by atoms with Crippen LogP contribution in [0.25, 0.3) is 0 Å². The highest BCUT2D eigenvalue weighted by atomic mass is 35.5. The summed E-state index contributed by atoms with van der Waals surface area (Å²) in [6.07, 6.45) is 0. The number of rotatable bonds is 5. The molecule has 0 aliphatic heterocycles. The highest BCUT2D eigenvalue weighted by Crippen LogP contribution is 2.34. The van der Waals surface area contributed by atoms with Crippen LogP contribution in [0.15, 0.2) is 29.4 Å². The van der Waals surface area contributed by atoms with Crippen molar-refractivity contribution in [2.45, 2.75) is 5.37 Å². The molecule has 1 atom stereocenters. The lowest BCUT2D eigenvalue weighted by Crippen LogP contribution is -1.93. The van der Waals surface area contributed by atoms with E-state index in [2.05, 4.69) is 5.18 Å². The zero-order chi connectivity index (χ0) is 10.4. The Hall–Kier alpha value is -0.250. The van der Waals surface area contributed by atoms with Crippen molar-refractivity contribution < 1.29 is 0 Å². The molecule has 0 radical (unpaired) electrons. The van der Waals surface area contributed by atoms with Gasteiger partial charge in [-0.2, -0.15) is 0 Å². The molecule has 14 heavy (non-hydrogen) atoms. The summed E-state index contributed by atoms with van der Waals surface area (Å²) in [5.74, 6) is 1.18. The van der Waals surface area contributed by atoms with Crippen molar-refractivity contribution in [2.24, 2.45) is 5.18 Å². The third-order valence-electron chi connectivity index (χ3n) is 1.62. The summed E-state index contributed by atoms with van der Waals surface area (Å²) in [4.78, 5) is 10.6. The number of hydrogen-bond donors (Lipinski definition) is 0. The van der Waals surface area contributed by atoms with Gasteiger partial charge in [0, 0.05) is 22.2 Å². The minimum Gasteiger partial charge on any atom is -0.149 e. The minimum atomic E-state index is -0.456. The second-order valence-electron chi connectivity index (χ2n) is 2.54. The predicted octanol–water partition coefficient (Wildman–Crippen LogP) is 4.08. The Labute approximate surface area is 97.0 Å². The molecule has 0 aromatic heterocycles. The molecule has 0 fully saturated rings. The molecule has 0 aliphatic carbocycles. The molecule has 1 aromatic rings. The SMILES string of the molecule is O=NC(SCCCl)c1ccccc1Cl. The number of hydrogen-bond acceptors (Lipinski definition) is 3. The van der Waals surface area contributed by atoms with Gasteiger partial charge in [0.25, 0.3) is 0 Å². The first-order valence-corrected chi connectivity index (χ1v) is 6.00. The fourth-order valence-electron chi connectivity index (χ4n) is 1.01. The standard InChI is InChI=1S/C9H9Cl2NOS/c10-5-6-14-9(12-13)7-3-1-2-4-8(7)11/h1-4,9H,5-6H2. The van der Waals surface area contributed by atoms with Gasteiger partial charge in [0.05, 0.1) is 0 Å². The quantitative estimate of drug-likeness (QED) is 0.582. The lowest BCUT2D eigenvalue weighted by atomic mass is 10.2. The third kappa shape index (κ3) is 3.15. The monoisotopic (exact) mass is 249 g/mol. The maximum absolute atomic E-state index is 10.6. The van der Waals surface area contributed by atoms with Crippen LogP contribution in [0.3, 0.4) is 0 Å². The Kier molecular flexibility index (Phi) is 5.30.